The molecule has 1 unspecified atom stereocenters. The third-order valence-electron chi connectivity index (χ3n) is 7.37. The number of rotatable bonds is 5. The fourth-order valence-corrected chi connectivity index (χ4v) is 5.65. The van der Waals surface area contributed by atoms with E-state index in [1.807, 2.05) is 48.3 Å². The summed E-state index contributed by atoms with van der Waals surface area (Å²) in [7, 11) is 2.04. The van der Waals surface area contributed by atoms with E-state index in [9.17, 15) is 14.0 Å². The molecule has 7 heteroatoms. The number of amides is 2. The van der Waals surface area contributed by atoms with Gasteiger partial charge in [0.05, 0.1) is 16.9 Å². The first-order chi connectivity index (χ1) is 17.5. The van der Waals surface area contributed by atoms with E-state index < -0.39 is 0 Å². The Labute approximate surface area is 208 Å². The molecule has 0 fully saturated rings. The lowest BCUT2D eigenvalue weighted by Gasteiger charge is -2.46. The number of carbonyl (C=O) groups excluding carboxylic acids is 2. The van der Waals surface area contributed by atoms with Crippen LogP contribution in [0.3, 0.4) is 0 Å². The van der Waals surface area contributed by atoms with Gasteiger partial charge in [-0.2, -0.15) is 0 Å². The molecule has 36 heavy (non-hydrogen) atoms. The van der Waals surface area contributed by atoms with E-state index in [1.54, 1.807) is 12.1 Å². The van der Waals surface area contributed by atoms with Gasteiger partial charge in [-0.25, -0.2) is 4.39 Å². The number of fused-ring (bicyclic) bond motifs is 6. The highest BCUT2D eigenvalue weighted by Gasteiger charge is 2.42. The van der Waals surface area contributed by atoms with Crippen LogP contribution in [0.1, 0.15) is 39.8 Å². The Bertz CT molecular complexity index is 1480. The van der Waals surface area contributed by atoms with Gasteiger partial charge in [0.1, 0.15) is 12.0 Å². The maximum absolute atomic E-state index is 13.4. The normalized spacial score (nSPS) is 16.5. The highest BCUT2D eigenvalue weighted by molar-refractivity contribution is 6.02. The maximum atomic E-state index is 13.4. The van der Waals surface area contributed by atoms with Gasteiger partial charge in [0.2, 0.25) is 5.91 Å². The number of para-hydroxylation sites is 2. The molecule has 0 saturated carbocycles. The van der Waals surface area contributed by atoms with Gasteiger partial charge in [-0.3, -0.25) is 9.59 Å². The fraction of sp³-hybridized carbons (Fsp3) is 0.241. The summed E-state index contributed by atoms with van der Waals surface area (Å²) in [6.45, 7) is 1.51. The summed E-state index contributed by atoms with van der Waals surface area (Å²) < 4.78 is 15.4. The summed E-state index contributed by atoms with van der Waals surface area (Å²) in [5, 5.41) is 4.12. The van der Waals surface area contributed by atoms with Crippen LogP contribution in [0.15, 0.2) is 72.8 Å². The van der Waals surface area contributed by atoms with Crippen LogP contribution in [0.25, 0.3) is 10.9 Å². The van der Waals surface area contributed by atoms with E-state index in [-0.39, 0.29) is 23.8 Å². The van der Waals surface area contributed by atoms with E-state index in [0.29, 0.717) is 26.1 Å². The lowest BCUT2D eigenvalue weighted by molar-refractivity contribution is -0.121. The Balaban J connectivity index is 1.32. The number of nitrogens with one attached hydrogen (secondary N) is 1. The number of hydrogen-bond donors (Lipinski definition) is 1. The average molecular weight is 483 g/mol. The zero-order valence-corrected chi connectivity index (χ0v) is 20.1. The number of aryl methyl sites for hydroxylation is 1. The smallest absolute Gasteiger partial charge is 0.257 e. The lowest BCUT2D eigenvalue weighted by Crippen LogP contribution is -2.51. The van der Waals surface area contributed by atoms with Crippen LogP contribution in [-0.4, -0.2) is 34.9 Å². The minimum absolute atomic E-state index is 0.0493. The molecule has 182 valence electrons. The number of nitrogens with zero attached hydrogens (tertiary/aromatic N) is 3. The molecule has 1 atom stereocenters. The zero-order valence-electron chi connectivity index (χ0n) is 20.1. The van der Waals surface area contributed by atoms with Gasteiger partial charge in [-0.15, -0.1) is 0 Å². The van der Waals surface area contributed by atoms with Crippen molar-refractivity contribution in [2.45, 2.75) is 32.1 Å². The van der Waals surface area contributed by atoms with Crippen molar-refractivity contribution in [3.8, 4) is 0 Å². The number of halogens is 1. The van der Waals surface area contributed by atoms with Crippen molar-refractivity contribution in [1.82, 2.24) is 14.8 Å². The number of anilines is 1. The number of hydrogen-bond acceptors (Lipinski definition) is 3. The molecule has 6 rings (SSSR count). The van der Waals surface area contributed by atoms with Gasteiger partial charge in [0.15, 0.2) is 0 Å². The summed E-state index contributed by atoms with van der Waals surface area (Å²) in [5.41, 5.74) is 5.91. The van der Waals surface area contributed by atoms with E-state index in [1.165, 1.54) is 23.1 Å². The molecule has 2 aliphatic rings. The molecule has 6 nitrogen and oxygen atoms in total. The second kappa shape index (κ2) is 8.82. The van der Waals surface area contributed by atoms with Crippen LogP contribution in [0.5, 0.6) is 0 Å². The summed E-state index contributed by atoms with van der Waals surface area (Å²) in [4.78, 5) is 30.3. The summed E-state index contributed by atoms with van der Waals surface area (Å²) in [6.07, 6.45) is 0.844. The van der Waals surface area contributed by atoms with Gasteiger partial charge in [-0.1, -0.05) is 42.5 Å². The van der Waals surface area contributed by atoms with Crippen LogP contribution >= 0.6 is 0 Å². The molecular formula is C29H27FN4O2. The van der Waals surface area contributed by atoms with E-state index in [2.05, 4.69) is 26.9 Å². The van der Waals surface area contributed by atoms with Gasteiger partial charge >= 0.3 is 0 Å². The molecule has 1 N–H and O–H groups in total. The molecule has 0 bridgehead atoms. The van der Waals surface area contributed by atoms with Gasteiger partial charge < -0.3 is 19.7 Å². The first kappa shape index (κ1) is 22.3. The van der Waals surface area contributed by atoms with Gasteiger partial charge in [-0.05, 0) is 47.9 Å². The highest BCUT2D eigenvalue weighted by atomic mass is 19.1. The molecule has 0 radical (unpaired) electrons. The SMILES string of the molecule is CN1c2ccccc2C(=O)N2CCc3c(n(CCC(=O)NCc4ccc(F)cc4)c4ccccc34)C21. The van der Waals surface area contributed by atoms with Crippen molar-refractivity contribution in [2.24, 2.45) is 0 Å². The molecule has 0 aliphatic carbocycles. The van der Waals surface area contributed by atoms with Crippen molar-refractivity contribution in [1.29, 1.82) is 0 Å². The predicted molar refractivity (Wildman–Crippen MR) is 137 cm³/mol. The van der Waals surface area contributed by atoms with Crippen LogP contribution in [-0.2, 0) is 24.3 Å². The van der Waals surface area contributed by atoms with E-state index >= 15 is 0 Å². The summed E-state index contributed by atoms with van der Waals surface area (Å²) >= 11 is 0. The van der Waals surface area contributed by atoms with Crippen molar-refractivity contribution >= 4 is 28.4 Å². The summed E-state index contributed by atoms with van der Waals surface area (Å²) in [6, 6.07) is 22.2. The Morgan fingerprint density at radius 2 is 1.78 bits per heavy atom. The topological polar surface area (TPSA) is 57.6 Å². The third-order valence-corrected chi connectivity index (χ3v) is 7.37. The number of carbonyl (C=O) groups is 2. The fourth-order valence-electron chi connectivity index (χ4n) is 5.65. The van der Waals surface area contributed by atoms with Gasteiger partial charge in [0.25, 0.3) is 5.91 Å². The molecule has 2 amide bonds. The third kappa shape index (κ3) is 3.63. The van der Waals surface area contributed by atoms with Crippen molar-refractivity contribution < 1.29 is 14.0 Å². The maximum Gasteiger partial charge on any atom is 0.257 e. The Hall–Kier alpha value is -4.13. The molecule has 1 aromatic heterocycles. The minimum Gasteiger partial charge on any atom is -0.352 e. The zero-order chi connectivity index (χ0) is 24.8. The Kier molecular flexibility index (Phi) is 5.48. The second-order valence-electron chi connectivity index (χ2n) is 9.44. The van der Waals surface area contributed by atoms with Crippen LogP contribution in [0, 0.1) is 5.82 Å². The molecular weight excluding hydrogens is 455 g/mol. The largest absolute Gasteiger partial charge is 0.352 e. The predicted octanol–water partition coefficient (Wildman–Crippen LogP) is 4.63. The number of benzene rings is 3. The minimum atomic E-state index is -0.294. The monoisotopic (exact) mass is 482 g/mol. The second-order valence-corrected chi connectivity index (χ2v) is 9.44. The van der Waals surface area contributed by atoms with Crippen molar-refractivity contribution in [3.63, 3.8) is 0 Å². The first-order valence-corrected chi connectivity index (χ1v) is 12.3. The Morgan fingerprint density at radius 1 is 1.03 bits per heavy atom. The average Bonchev–Trinajstić information content (AvgIpc) is 3.23. The van der Waals surface area contributed by atoms with E-state index in [4.69, 9.17) is 0 Å². The summed E-state index contributed by atoms with van der Waals surface area (Å²) in [5.74, 6) is -0.317. The van der Waals surface area contributed by atoms with Crippen LogP contribution in [0.4, 0.5) is 10.1 Å². The Morgan fingerprint density at radius 3 is 2.61 bits per heavy atom. The highest BCUT2D eigenvalue weighted by Crippen LogP contribution is 2.44. The molecule has 3 heterocycles. The lowest BCUT2D eigenvalue weighted by atomic mass is 9.96. The van der Waals surface area contributed by atoms with Crippen LogP contribution in [0.2, 0.25) is 0 Å². The standard InChI is InChI=1S/C29H27FN4O2/c1-32-24-8-4-3-7-23(24)29(36)34-16-14-22-21-6-2-5-9-25(21)33(27(22)28(32)34)17-15-26(35)31-18-19-10-12-20(30)13-11-19/h2-13,28H,14-18H2,1H3,(H,31,35). The molecule has 2 aliphatic heterocycles. The molecule has 3 aromatic carbocycles. The molecule has 0 spiro atoms. The quantitative estimate of drug-likeness (QED) is 0.451. The number of aromatic nitrogens is 1. The van der Waals surface area contributed by atoms with Crippen molar-refractivity contribution in [2.75, 3.05) is 18.5 Å². The van der Waals surface area contributed by atoms with Gasteiger partial charge in [0, 0.05) is 44.0 Å². The van der Waals surface area contributed by atoms with Crippen molar-refractivity contribution in [3.05, 3.63) is 101 Å². The molecule has 0 saturated heterocycles. The van der Waals surface area contributed by atoms with Crippen LogP contribution < -0.4 is 10.2 Å². The molecule has 4 aromatic rings. The van der Waals surface area contributed by atoms with E-state index in [0.717, 1.165) is 34.4 Å². The first-order valence-electron chi connectivity index (χ1n) is 12.3.